The summed E-state index contributed by atoms with van der Waals surface area (Å²) >= 11 is 0. The predicted molar refractivity (Wildman–Crippen MR) is 79.2 cm³/mol. The van der Waals surface area contributed by atoms with Gasteiger partial charge >= 0.3 is 0 Å². The Kier molecular flexibility index (Phi) is 6.12. The normalized spacial score (nSPS) is 15.5. The average Bonchev–Trinajstić information content (AvgIpc) is 2.41. The lowest BCUT2D eigenvalue weighted by atomic mass is 9.97. The van der Waals surface area contributed by atoms with Crippen molar-refractivity contribution in [1.29, 1.82) is 0 Å². The molecule has 2 rings (SSSR count). The minimum atomic E-state index is 0. The maximum absolute atomic E-state index is 12.1. The van der Waals surface area contributed by atoms with Crippen molar-refractivity contribution < 1.29 is 9.53 Å². The van der Waals surface area contributed by atoms with Crippen LogP contribution in [-0.2, 0) is 4.79 Å². The Morgan fingerprint density at radius 3 is 2.68 bits per heavy atom. The van der Waals surface area contributed by atoms with Gasteiger partial charge in [0.05, 0.1) is 12.8 Å². The van der Waals surface area contributed by atoms with Gasteiger partial charge in [-0.25, -0.2) is 0 Å². The van der Waals surface area contributed by atoms with Crippen molar-refractivity contribution in [3.63, 3.8) is 0 Å². The first-order chi connectivity index (χ1) is 8.70. The minimum Gasteiger partial charge on any atom is -0.495 e. The molecule has 19 heavy (non-hydrogen) atoms. The van der Waals surface area contributed by atoms with Gasteiger partial charge in [-0.3, -0.25) is 4.79 Å². The van der Waals surface area contributed by atoms with Crippen molar-refractivity contribution in [1.82, 2.24) is 5.32 Å². The van der Waals surface area contributed by atoms with Gasteiger partial charge in [-0.15, -0.1) is 12.4 Å². The summed E-state index contributed by atoms with van der Waals surface area (Å²) in [5.74, 6) is 0.924. The Bertz CT molecular complexity index is 431. The summed E-state index contributed by atoms with van der Waals surface area (Å²) in [5, 5.41) is 6.23. The van der Waals surface area contributed by atoms with E-state index in [1.54, 1.807) is 7.11 Å². The van der Waals surface area contributed by atoms with E-state index in [4.69, 9.17) is 4.74 Å². The highest BCUT2D eigenvalue weighted by molar-refractivity contribution is 5.94. The fourth-order valence-corrected chi connectivity index (χ4v) is 2.22. The molecule has 0 bridgehead atoms. The molecule has 0 radical (unpaired) electrons. The van der Waals surface area contributed by atoms with Gasteiger partial charge in [-0.05, 0) is 50.6 Å². The van der Waals surface area contributed by atoms with Gasteiger partial charge in [0, 0.05) is 5.92 Å². The molecule has 5 heteroatoms. The predicted octanol–water partition coefficient (Wildman–Crippen LogP) is 2.36. The highest BCUT2D eigenvalue weighted by Gasteiger charge is 2.21. The molecule has 1 saturated heterocycles. The van der Waals surface area contributed by atoms with Crippen LogP contribution in [0.3, 0.4) is 0 Å². The van der Waals surface area contributed by atoms with Crippen LogP contribution in [0.25, 0.3) is 0 Å². The number of nitrogens with one attached hydrogen (secondary N) is 2. The second-order valence-corrected chi connectivity index (χ2v) is 4.72. The van der Waals surface area contributed by atoms with E-state index in [2.05, 4.69) is 10.6 Å². The highest BCUT2D eigenvalue weighted by Crippen LogP contribution is 2.26. The second-order valence-electron chi connectivity index (χ2n) is 4.72. The van der Waals surface area contributed by atoms with Gasteiger partial charge in [0.15, 0.2) is 0 Å². The number of carbonyl (C=O) groups excluding carboxylic acids is 1. The quantitative estimate of drug-likeness (QED) is 0.896. The summed E-state index contributed by atoms with van der Waals surface area (Å²) in [6.07, 6.45) is 1.81. The van der Waals surface area contributed by atoms with Crippen molar-refractivity contribution in [2.75, 3.05) is 25.5 Å². The highest BCUT2D eigenvalue weighted by atomic mass is 35.5. The van der Waals surface area contributed by atoms with Gasteiger partial charge in [0.2, 0.25) is 5.91 Å². The number of hydrogen-bond acceptors (Lipinski definition) is 3. The molecule has 1 aromatic carbocycles. The van der Waals surface area contributed by atoms with Crippen molar-refractivity contribution in [3.05, 3.63) is 23.8 Å². The molecule has 0 unspecified atom stereocenters. The number of rotatable bonds is 3. The fourth-order valence-electron chi connectivity index (χ4n) is 2.22. The molecule has 1 aliphatic rings. The Morgan fingerprint density at radius 1 is 1.37 bits per heavy atom. The Balaban J connectivity index is 0.00000180. The smallest absolute Gasteiger partial charge is 0.227 e. The topological polar surface area (TPSA) is 50.4 Å². The number of amides is 1. The number of piperidine rings is 1. The molecule has 0 spiro atoms. The average molecular weight is 285 g/mol. The van der Waals surface area contributed by atoms with E-state index >= 15 is 0 Å². The van der Waals surface area contributed by atoms with Gasteiger partial charge in [0.1, 0.15) is 5.75 Å². The van der Waals surface area contributed by atoms with Gasteiger partial charge in [-0.2, -0.15) is 0 Å². The molecule has 0 saturated carbocycles. The summed E-state index contributed by atoms with van der Waals surface area (Å²) in [6.45, 7) is 3.84. The first-order valence-electron chi connectivity index (χ1n) is 6.37. The number of methoxy groups -OCH3 is 1. The third kappa shape index (κ3) is 4.11. The van der Waals surface area contributed by atoms with Crippen LogP contribution in [0.2, 0.25) is 0 Å². The van der Waals surface area contributed by atoms with Crippen LogP contribution < -0.4 is 15.4 Å². The van der Waals surface area contributed by atoms with Crippen LogP contribution in [0.1, 0.15) is 18.4 Å². The molecule has 1 aliphatic heterocycles. The number of hydrogen-bond donors (Lipinski definition) is 2. The Morgan fingerprint density at radius 2 is 2.05 bits per heavy atom. The third-order valence-electron chi connectivity index (χ3n) is 3.32. The summed E-state index contributed by atoms with van der Waals surface area (Å²) in [6, 6.07) is 5.80. The van der Waals surface area contributed by atoms with E-state index < -0.39 is 0 Å². The summed E-state index contributed by atoms with van der Waals surface area (Å²) in [7, 11) is 1.62. The molecule has 4 nitrogen and oxygen atoms in total. The van der Waals surface area contributed by atoms with E-state index in [-0.39, 0.29) is 24.2 Å². The monoisotopic (exact) mass is 284 g/mol. The van der Waals surface area contributed by atoms with Gasteiger partial charge in [-0.1, -0.05) is 6.07 Å². The van der Waals surface area contributed by atoms with Gasteiger partial charge < -0.3 is 15.4 Å². The SMILES string of the molecule is COc1cc(C)ccc1NC(=O)C1CCNCC1.Cl. The number of aryl methyl sites for hydroxylation is 1. The lowest BCUT2D eigenvalue weighted by molar-refractivity contribution is -0.120. The maximum atomic E-state index is 12.1. The number of carbonyl (C=O) groups is 1. The van der Waals surface area contributed by atoms with Crippen LogP contribution in [0.4, 0.5) is 5.69 Å². The minimum absolute atomic E-state index is 0. The summed E-state index contributed by atoms with van der Waals surface area (Å²) in [4.78, 5) is 12.1. The molecular formula is C14H21ClN2O2. The molecule has 1 heterocycles. The van der Waals surface area contributed by atoms with E-state index in [1.165, 1.54) is 0 Å². The lowest BCUT2D eigenvalue weighted by Crippen LogP contribution is -2.34. The fraction of sp³-hybridized carbons (Fsp3) is 0.500. The van der Waals surface area contributed by atoms with Crippen molar-refractivity contribution >= 4 is 24.0 Å². The first-order valence-corrected chi connectivity index (χ1v) is 6.37. The molecule has 2 N–H and O–H groups in total. The van der Waals surface area contributed by atoms with E-state index in [1.807, 2.05) is 25.1 Å². The number of halogens is 1. The van der Waals surface area contributed by atoms with E-state index in [9.17, 15) is 4.79 Å². The Labute approximate surface area is 120 Å². The first kappa shape index (κ1) is 15.8. The van der Waals surface area contributed by atoms with E-state index in [0.29, 0.717) is 0 Å². The van der Waals surface area contributed by atoms with Crippen LogP contribution in [-0.4, -0.2) is 26.1 Å². The van der Waals surface area contributed by atoms with Crippen LogP contribution in [0, 0.1) is 12.8 Å². The van der Waals surface area contributed by atoms with Crippen molar-refractivity contribution in [2.24, 2.45) is 5.92 Å². The summed E-state index contributed by atoms with van der Waals surface area (Å²) in [5.41, 5.74) is 1.87. The zero-order valence-corrected chi connectivity index (χ0v) is 12.2. The van der Waals surface area contributed by atoms with Gasteiger partial charge in [0.25, 0.3) is 0 Å². The lowest BCUT2D eigenvalue weighted by Gasteiger charge is -2.22. The largest absolute Gasteiger partial charge is 0.495 e. The number of anilines is 1. The zero-order chi connectivity index (χ0) is 13.0. The molecule has 1 aromatic rings. The van der Waals surface area contributed by atoms with Crippen LogP contribution >= 0.6 is 12.4 Å². The molecular weight excluding hydrogens is 264 g/mol. The molecule has 106 valence electrons. The molecule has 1 amide bonds. The van der Waals surface area contributed by atoms with Crippen molar-refractivity contribution in [2.45, 2.75) is 19.8 Å². The third-order valence-corrected chi connectivity index (χ3v) is 3.32. The number of ether oxygens (including phenoxy) is 1. The number of benzene rings is 1. The van der Waals surface area contributed by atoms with Crippen molar-refractivity contribution in [3.8, 4) is 5.75 Å². The molecule has 0 aromatic heterocycles. The van der Waals surface area contributed by atoms with Crippen LogP contribution in [0.15, 0.2) is 18.2 Å². The van der Waals surface area contributed by atoms with Crippen LogP contribution in [0.5, 0.6) is 5.75 Å². The zero-order valence-electron chi connectivity index (χ0n) is 11.4. The Hall–Kier alpha value is -1.26. The van der Waals surface area contributed by atoms with E-state index in [0.717, 1.165) is 42.9 Å². The summed E-state index contributed by atoms with van der Waals surface area (Å²) < 4.78 is 5.29. The molecule has 0 atom stereocenters. The second kappa shape index (κ2) is 7.36. The molecule has 0 aliphatic carbocycles. The standard InChI is InChI=1S/C14H20N2O2.ClH/c1-10-3-4-12(13(9-10)18-2)16-14(17)11-5-7-15-8-6-11;/h3-4,9,11,15H,5-8H2,1-2H3,(H,16,17);1H. The molecule has 1 fully saturated rings. The maximum Gasteiger partial charge on any atom is 0.227 e.